The van der Waals surface area contributed by atoms with Gasteiger partial charge >= 0.3 is 0 Å². The first-order valence-electron chi connectivity index (χ1n) is 7.66. The maximum Gasteiger partial charge on any atom is 0.222 e. The van der Waals surface area contributed by atoms with E-state index in [1.807, 2.05) is 24.1 Å². The number of rotatable bonds is 5. The van der Waals surface area contributed by atoms with E-state index in [1.54, 1.807) is 0 Å². The Balaban J connectivity index is 1.77. The van der Waals surface area contributed by atoms with Gasteiger partial charge in [-0.2, -0.15) is 0 Å². The Morgan fingerprint density at radius 3 is 2.70 bits per heavy atom. The van der Waals surface area contributed by atoms with E-state index < -0.39 is 0 Å². The number of amides is 1. The zero-order chi connectivity index (χ0) is 14.4. The maximum absolute atomic E-state index is 12.2. The molecule has 3 nitrogen and oxygen atoms in total. The minimum Gasteiger partial charge on any atom is -0.345 e. The van der Waals surface area contributed by atoms with Crippen molar-refractivity contribution in [3.63, 3.8) is 0 Å². The van der Waals surface area contributed by atoms with Crippen LogP contribution in [-0.2, 0) is 11.2 Å². The van der Waals surface area contributed by atoms with Crippen molar-refractivity contribution in [3.8, 4) is 0 Å². The van der Waals surface area contributed by atoms with E-state index in [-0.39, 0.29) is 5.91 Å². The van der Waals surface area contributed by atoms with Gasteiger partial charge in [-0.1, -0.05) is 24.3 Å². The molecular formula is C17H26N2O. The first-order chi connectivity index (χ1) is 9.66. The highest BCUT2D eigenvalue weighted by Crippen LogP contribution is 2.14. The zero-order valence-corrected chi connectivity index (χ0v) is 12.7. The molecule has 110 valence electrons. The Bertz CT molecular complexity index is 438. The number of piperidine rings is 1. The van der Waals surface area contributed by atoms with Gasteiger partial charge in [-0.05, 0) is 56.3 Å². The molecule has 0 bridgehead atoms. The fourth-order valence-corrected chi connectivity index (χ4v) is 2.88. The molecule has 1 fully saturated rings. The summed E-state index contributed by atoms with van der Waals surface area (Å²) in [5, 5.41) is 3.37. The van der Waals surface area contributed by atoms with E-state index in [1.165, 1.54) is 24.0 Å². The van der Waals surface area contributed by atoms with Crippen LogP contribution < -0.4 is 5.32 Å². The van der Waals surface area contributed by atoms with E-state index >= 15 is 0 Å². The summed E-state index contributed by atoms with van der Waals surface area (Å²) in [4.78, 5) is 14.1. The summed E-state index contributed by atoms with van der Waals surface area (Å²) >= 11 is 0. The van der Waals surface area contributed by atoms with Crippen LogP contribution in [0.4, 0.5) is 0 Å². The SMILES string of the molecule is Cc1ccccc1CCC(=O)N(C)CC1CCNCC1. The Morgan fingerprint density at radius 2 is 2.00 bits per heavy atom. The van der Waals surface area contributed by atoms with E-state index in [9.17, 15) is 4.79 Å². The smallest absolute Gasteiger partial charge is 0.222 e. The lowest BCUT2D eigenvalue weighted by Gasteiger charge is -2.27. The van der Waals surface area contributed by atoms with Crippen LogP contribution >= 0.6 is 0 Å². The van der Waals surface area contributed by atoms with E-state index in [2.05, 4.69) is 24.4 Å². The van der Waals surface area contributed by atoms with E-state index in [4.69, 9.17) is 0 Å². The van der Waals surface area contributed by atoms with Crippen molar-refractivity contribution in [3.05, 3.63) is 35.4 Å². The molecule has 0 unspecified atom stereocenters. The van der Waals surface area contributed by atoms with Gasteiger partial charge in [0.05, 0.1) is 0 Å². The maximum atomic E-state index is 12.2. The predicted molar refractivity (Wildman–Crippen MR) is 82.7 cm³/mol. The molecule has 0 aromatic heterocycles. The lowest BCUT2D eigenvalue weighted by atomic mass is 9.97. The van der Waals surface area contributed by atoms with Crippen molar-refractivity contribution in [2.24, 2.45) is 5.92 Å². The lowest BCUT2D eigenvalue weighted by molar-refractivity contribution is -0.130. The molecule has 1 aromatic carbocycles. The third kappa shape index (κ3) is 4.34. The van der Waals surface area contributed by atoms with Gasteiger partial charge in [0.15, 0.2) is 0 Å². The second kappa shape index (κ2) is 7.44. The number of aryl methyl sites for hydroxylation is 2. The van der Waals surface area contributed by atoms with Crippen molar-refractivity contribution in [2.75, 3.05) is 26.7 Å². The summed E-state index contributed by atoms with van der Waals surface area (Å²) in [6.45, 7) is 5.21. The lowest BCUT2D eigenvalue weighted by Crippen LogP contribution is -2.37. The molecule has 1 N–H and O–H groups in total. The fraction of sp³-hybridized carbons (Fsp3) is 0.588. The predicted octanol–water partition coefficient (Wildman–Crippen LogP) is 2.39. The van der Waals surface area contributed by atoms with Crippen molar-refractivity contribution >= 4 is 5.91 Å². The summed E-state index contributed by atoms with van der Waals surface area (Å²) < 4.78 is 0. The quantitative estimate of drug-likeness (QED) is 0.894. The molecule has 20 heavy (non-hydrogen) atoms. The van der Waals surface area contributed by atoms with E-state index in [0.717, 1.165) is 26.1 Å². The molecule has 0 radical (unpaired) electrons. The summed E-state index contributed by atoms with van der Waals surface area (Å²) in [6.07, 6.45) is 3.85. The molecular weight excluding hydrogens is 248 g/mol. The Labute approximate surface area is 122 Å². The molecule has 0 aliphatic carbocycles. The van der Waals surface area contributed by atoms with Crippen LogP contribution in [0.25, 0.3) is 0 Å². The second-order valence-corrected chi connectivity index (χ2v) is 5.89. The number of hydrogen-bond donors (Lipinski definition) is 1. The van der Waals surface area contributed by atoms with Gasteiger partial charge in [0, 0.05) is 20.0 Å². The van der Waals surface area contributed by atoms with Gasteiger partial charge in [0.2, 0.25) is 5.91 Å². The third-order valence-corrected chi connectivity index (χ3v) is 4.29. The minimum absolute atomic E-state index is 0.270. The molecule has 2 rings (SSSR count). The normalized spacial score (nSPS) is 16.1. The van der Waals surface area contributed by atoms with Crippen LogP contribution in [0.1, 0.15) is 30.4 Å². The number of nitrogens with zero attached hydrogens (tertiary/aromatic N) is 1. The molecule has 1 heterocycles. The van der Waals surface area contributed by atoms with E-state index in [0.29, 0.717) is 12.3 Å². The van der Waals surface area contributed by atoms with Crippen molar-refractivity contribution in [1.82, 2.24) is 10.2 Å². The molecule has 1 aromatic rings. The van der Waals surface area contributed by atoms with Crippen LogP contribution in [0, 0.1) is 12.8 Å². The highest BCUT2D eigenvalue weighted by Gasteiger charge is 2.17. The van der Waals surface area contributed by atoms with Crippen LogP contribution in [0.5, 0.6) is 0 Å². The van der Waals surface area contributed by atoms with Crippen molar-refractivity contribution < 1.29 is 4.79 Å². The molecule has 3 heteroatoms. The highest BCUT2D eigenvalue weighted by atomic mass is 16.2. The largest absolute Gasteiger partial charge is 0.345 e. The number of carbonyl (C=O) groups excluding carboxylic acids is 1. The fourth-order valence-electron chi connectivity index (χ4n) is 2.88. The summed E-state index contributed by atoms with van der Waals surface area (Å²) in [5.41, 5.74) is 2.57. The Morgan fingerprint density at radius 1 is 1.30 bits per heavy atom. The Hall–Kier alpha value is -1.35. The van der Waals surface area contributed by atoms with Gasteiger partial charge in [-0.3, -0.25) is 4.79 Å². The average Bonchev–Trinajstić information content (AvgIpc) is 2.47. The molecule has 0 spiro atoms. The number of hydrogen-bond acceptors (Lipinski definition) is 2. The van der Waals surface area contributed by atoms with Gasteiger partial charge in [0.25, 0.3) is 0 Å². The van der Waals surface area contributed by atoms with Gasteiger partial charge < -0.3 is 10.2 Å². The zero-order valence-electron chi connectivity index (χ0n) is 12.7. The molecule has 0 atom stereocenters. The van der Waals surface area contributed by atoms with Gasteiger partial charge in [-0.15, -0.1) is 0 Å². The van der Waals surface area contributed by atoms with Gasteiger partial charge in [0.1, 0.15) is 0 Å². The molecule has 1 amide bonds. The summed E-state index contributed by atoms with van der Waals surface area (Å²) in [5.74, 6) is 0.940. The van der Waals surface area contributed by atoms with Crippen molar-refractivity contribution in [2.45, 2.75) is 32.6 Å². The second-order valence-electron chi connectivity index (χ2n) is 5.89. The standard InChI is InChI=1S/C17H26N2O/c1-14-5-3-4-6-16(14)7-8-17(20)19(2)13-15-9-11-18-12-10-15/h3-6,15,18H,7-13H2,1-2H3. The summed E-state index contributed by atoms with van der Waals surface area (Å²) in [6, 6.07) is 8.32. The summed E-state index contributed by atoms with van der Waals surface area (Å²) in [7, 11) is 1.95. The first kappa shape index (κ1) is 15.0. The van der Waals surface area contributed by atoms with Crippen LogP contribution in [0.3, 0.4) is 0 Å². The third-order valence-electron chi connectivity index (χ3n) is 4.29. The average molecular weight is 274 g/mol. The monoisotopic (exact) mass is 274 g/mol. The number of nitrogens with one attached hydrogen (secondary N) is 1. The number of benzene rings is 1. The molecule has 1 saturated heterocycles. The highest BCUT2D eigenvalue weighted by molar-refractivity contribution is 5.76. The van der Waals surface area contributed by atoms with Gasteiger partial charge in [-0.25, -0.2) is 0 Å². The topological polar surface area (TPSA) is 32.3 Å². The molecule has 1 aliphatic rings. The minimum atomic E-state index is 0.270. The van der Waals surface area contributed by atoms with Crippen LogP contribution in [-0.4, -0.2) is 37.5 Å². The number of carbonyl (C=O) groups is 1. The van der Waals surface area contributed by atoms with Crippen LogP contribution in [0.15, 0.2) is 24.3 Å². The Kier molecular flexibility index (Phi) is 5.60. The molecule has 0 saturated carbocycles. The first-order valence-corrected chi connectivity index (χ1v) is 7.66. The van der Waals surface area contributed by atoms with Crippen molar-refractivity contribution in [1.29, 1.82) is 0 Å². The molecule has 1 aliphatic heterocycles. The van der Waals surface area contributed by atoms with Crippen LogP contribution in [0.2, 0.25) is 0 Å².